The normalized spacial score (nSPS) is 10.9. The highest BCUT2D eigenvalue weighted by Gasteiger charge is 2.07. The summed E-state index contributed by atoms with van der Waals surface area (Å²) >= 11 is 0. The minimum Gasteiger partial charge on any atom is -0.478 e. The number of nitrogens with two attached hydrogens (primary N) is 1. The van der Waals surface area contributed by atoms with Crippen molar-refractivity contribution in [3.8, 4) is 0 Å². The molecule has 0 aliphatic carbocycles. The first kappa shape index (κ1) is 16.0. The van der Waals surface area contributed by atoms with Crippen molar-refractivity contribution >= 4 is 41.4 Å². The van der Waals surface area contributed by atoms with Gasteiger partial charge in [-0.1, -0.05) is 0 Å². The van der Waals surface area contributed by atoms with Crippen molar-refractivity contribution in [1.29, 1.82) is 0 Å². The zero-order valence-corrected chi connectivity index (χ0v) is 11.2. The van der Waals surface area contributed by atoms with E-state index in [-0.39, 0.29) is 11.6 Å². The van der Waals surface area contributed by atoms with Crippen LogP contribution >= 0.6 is 0 Å². The first-order valence-electron chi connectivity index (χ1n) is 5.82. The number of carboxylic acids is 2. The van der Waals surface area contributed by atoms with Gasteiger partial charge in [0.2, 0.25) is 5.91 Å². The Bertz CT molecular complexity index is 647. The second-order valence-electron chi connectivity index (χ2n) is 4.09. The van der Waals surface area contributed by atoms with Crippen LogP contribution in [0.3, 0.4) is 0 Å². The Morgan fingerprint density at radius 3 is 2.05 bits per heavy atom. The monoisotopic (exact) mass is 290 g/mol. The van der Waals surface area contributed by atoms with Crippen LogP contribution in [0.1, 0.15) is 18.1 Å². The zero-order chi connectivity index (χ0) is 16.0. The molecule has 1 aromatic rings. The zero-order valence-electron chi connectivity index (χ0n) is 11.2. The minimum absolute atomic E-state index is 0.253. The Morgan fingerprint density at radius 2 is 1.57 bits per heavy atom. The minimum atomic E-state index is -1.15. The molecule has 21 heavy (non-hydrogen) atoms. The standard InChI is InChI=1S/C14H14N2O5/c1-8(17)16-12-7-11(15)9(2-4-13(18)19)6-10(12)3-5-14(20)21/h2-7H,15H2,1H3,(H,16,17)(H,18,19)(H,20,21). The molecule has 0 saturated heterocycles. The van der Waals surface area contributed by atoms with E-state index in [1.54, 1.807) is 0 Å². The second-order valence-corrected chi connectivity index (χ2v) is 4.09. The molecule has 0 spiro atoms. The number of amides is 1. The van der Waals surface area contributed by atoms with Crippen LogP contribution in [-0.2, 0) is 14.4 Å². The maximum absolute atomic E-state index is 11.1. The molecule has 0 heterocycles. The number of aliphatic carboxylic acids is 2. The van der Waals surface area contributed by atoms with Crippen molar-refractivity contribution in [1.82, 2.24) is 0 Å². The third kappa shape index (κ3) is 5.19. The lowest BCUT2D eigenvalue weighted by atomic mass is 10.0. The molecule has 7 nitrogen and oxygen atoms in total. The van der Waals surface area contributed by atoms with E-state index in [0.717, 1.165) is 12.2 Å². The van der Waals surface area contributed by atoms with E-state index in [0.29, 0.717) is 16.8 Å². The molecular formula is C14H14N2O5. The van der Waals surface area contributed by atoms with Crippen LogP contribution in [0.25, 0.3) is 12.2 Å². The highest BCUT2D eigenvalue weighted by Crippen LogP contribution is 2.26. The predicted molar refractivity (Wildman–Crippen MR) is 78.5 cm³/mol. The second kappa shape index (κ2) is 6.90. The summed E-state index contributed by atoms with van der Waals surface area (Å²) in [5.74, 6) is -2.63. The first-order valence-corrected chi connectivity index (χ1v) is 5.82. The Labute approximate surface area is 120 Å². The van der Waals surface area contributed by atoms with Crippen molar-refractivity contribution in [3.05, 3.63) is 35.4 Å². The lowest BCUT2D eigenvalue weighted by Crippen LogP contribution is -2.08. The van der Waals surface area contributed by atoms with Gasteiger partial charge in [-0.25, -0.2) is 9.59 Å². The van der Waals surface area contributed by atoms with Gasteiger partial charge in [-0.2, -0.15) is 0 Å². The fraction of sp³-hybridized carbons (Fsp3) is 0.0714. The smallest absolute Gasteiger partial charge is 0.328 e. The van der Waals surface area contributed by atoms with Crippen LogP contribution in [0.5, 0.6) is 0 Å². The molecule has 0 atom stereocenters. The molecular weight excluding hydrogens is 276 g/mol. The Hall–Kier alpha value is -3.09. The summed E-state index contributed by atoms with van der Waals surface area (Å²) in [5.41, 5.74) is 7.16. The predicted octanol–water partition coefficient (Wildman–Crippen LogP) is 1.42. The molecule has 5 N–H and O–H groups in total. The number of carbonyl (C=O) groups excluding carboxylic acids is 1. The molecule has 0 unspecified atom stereocenters. The summed E-state index contributed by atoms with van der Waals surface area (Å²) in [4.78, 5) is 32.2. The molecule has 0 bridgehead atoms. The summed E-state index contributed by atoms with van der Waals surface area (Å²) in [5, 5.41) is 19.8. The molecule has 1 aromatic carbocycles. The van der Waals surface area contributed by atoms with Crippen LogP contribution in [0.15, 0.2) is 24.3 Å². The molecule has 0 fully saturated rings. The molecule has 0 aromatic heterocycles. The van der Waals surface area contributed by atoms with Crippen LogP contribution in [0.2, 0.25) is 0 Å². The van der Waals surface area contributed by atoms with Crippen molar-refractivity contribution in [3.63, 3.8) is 0 Å². The molecule has 0 saturated carbocycles. The summed E-state index contributed by atoms with van der Waals surface area (Å²) in [7, 11) is 0. The van der Waals surface area contributed by atoms with Crippen LogP contribution < -0.4 is 11.1 Å². The molecule has 0 aliphatic heterocycles. The lowest BCUT2D eigenvalue weighted by molar-refractivity contribution is -0.132. The van der Waals surface area contributed by atoms with Gasteiger partial charge in [0, 0.05) is 24.8 Å². The summed E-state index contributed by atoms with van der Waals surface area (Å²) < 4.78 is 0. The summed E-state index contributed by atoms with van der Waals surface area (Å²) in [6.07, 6.45) is 4.38. The lowest BCUT2D eigenvalue weighted by Gasteiger charge is -2.10. The van der Waals surface area contributed by atoms with E-state index in [2.05, 4.69) is 5.32 Å². The van der Waals surface area contributed by atoms with E-state index in [9.17, 15) is 14.4 Å². The Morgan fingerprint density at radius 1 is 1.05 bits per heavy atom. The van der Waals surface area contributed by atoms with Gasteiger partial charge >= 0.3 is 11.9 Å². The average Bonchev–Trinajstić information content (AvgIpc) is 2.35. The van der Waals surface area contributed by atoms with Gasteiger partial charge < -0.3 is 21.3 Å². The molecule has 1 amide bonds. The topological polar surface area (TPSA) is 130 Å². The van der Waals surface area contributed by atoms with Gasteiger partial charge in [0.05, 0.1) is 5.69 Å². The van der Waals surface area contributed by atoms with Gasteiger partial charge in [-0.3, -0.25) is 4.79 Å². The SMILES string of the molecule is CC(=O)Nc1cc(N)c(C=CC(=O)O)cc1C=CC(=O)O. The third-order valence-corrected chi connectivity index (χ3v) is 2.38. The molecule has 0 aliphatic rings. The van der Waals surface area contributed by atoms with Crippen molar-refractivity contribution in [2.45, 2.75) is 6.92 Å². The van der Waals surface area contributed by atoms with Crippen LogP contribution in [-0.4, -0.2) is 28.1 Å². The third-order valence-electron chi connectivity index (χ3n) is 2.38. The highest BCUT2D eigenvalue weighted by molar-refractivity contribution is 5.95. The number of hydrogen-bond donors (Lipinski definition) is 4. The quantitative estimate of drug-likeness (QED) is 0.479. The number of anilines is 2. The number of carbonyl (C=O) groups is 3. The average molecular weight is 290 g/mol. The van der Waals surface area contributed by atoms with Gasteiger partial charge in [-0.05, 0) is 35.4 Å². The largest absolute Gasteiger partial charge is 0.478 e. The van der Waals surface area contributed by atoms with E-state index >= 15 is 0 Å². The van der Waals surface area contributed by atoms with E-state index < -0.39 is 11.9 Å². The number of carboxylic acid groups (broad SMARTS) is 2. The van der Waals surface area contributed by atoms with E-state index in [1.807, 2.05) is 0 Å². The molecule has 110 valence electrons. The van der Waals surface area contributed by atoms with Gasteiger partial charge in [-0.15, -0.1) is 0 Å². The molecule has 0 radical (unpaired) electrons. The van der Waals surface area contributed by atoms with Gasteiger partial charge in [0.1, 0.15) is 0 Å². The highest BCUT2D eigenvalue weighted by atomic mass is 16.4. The van der Waals surface area contributed by atoms with E-state index in [1.165, 1.54) is 31.2 Å². The maximum Gasteiger partial charge on any atom is 0.328 e. The van der Waals surface area contributed by atoms with Crippen molar-refractivity contribution < 1.29 is 24.6 Å². The van der Waals surface area contributed by atoms with Crippen LogP contribution in [0, 0.1) is 0 Å². The van der Waals surface area contributed by atoms with Crippen molar-refractivity contribution in [2.24, 2.45) is 0 Å². The molecule has 7 heteroatoms. The maximum atomic E-state index is 11.1. The number of rotatable bonds is 5. The van der Waals surface area contributed by atoms with E-state index in [4.69, 9.17) is 15.9 Å². The van der Waals surface area contributed by atoms with Gasteiger partial charge in [0.25, 0.3) is 0 Å². The van der Waals surface area contributed by atoms with Crippen molar-refractivity contribution in [2.75, 3.05) is 11.1 Å². The Balaban J connectivity index is 3.32. The Kier molecular flexibility index (Phi) is 5.24. The molecule has 1 rings (SSSR count). The number of hydrogen-bond acceptors (Lipinski definition) is 4. The first-order chi connectivity index (χ1) is 9.79. The summed E-state index contributed by atoms with van der Waals surface area (Å²) in [6.45, 7) is 1.30. The summed E-state index contributed by atoms with van der Waals surface area (Å²) in [6, 6.07) is 2.92. The van der Waals surface area contributed by atoms with Gasteiger partial charge in [0.15, 0.2) is 0 Å². The number of nitrogens with one attached hydrogen (secondary N) is 1. The number of benzene rings is 1. The fourth-order valence-corrected chi connectivity index (χ4v) is 1.55. The van der Waals surface area contributed by atoms with Crippen LogP contribution in [0.4, 0.5) is 11.4 Å². The number of nitrogen functional groups attached to an aromatic ring is 1. The fourth-order valence-electron chi connectivity index (χ4n) is 1.55.